The van der Waals surface area contributed by atoms with Gasteiger partial charge in [0.05, 0.1) is 0 Å². The molecule has 0 spiro atoms. The molecule has 10 nitrogen and oxygen atoms in total. The van der Waals surface area contributed by atoms with E-state index in [0.29, 0.717) is 41.9 Å². The molecule has 0 bridgehead atoms. The van der Waals surface area contributed by atoms with Gasteiger partial charge >= 0.3 is 0 Å². The molecule has 2 aliphatic heterocycles. The lowest BCUT2D eigenvalue weighted by molar-refractivity contribution is -0.130. The van der Waals surface area contributed by atoms with Gasteiger partial charge in [0, 0.05) is 67.2 Å². The summed E-state index contributed by atoms with van der Waals surface area (Å²) in [6, 6.07) is 11.1. The number of nitrogen functional groups attached to an aromatic ring is 1. The number of rotatable bonds is 6. The molecule has 3 atom stereocenters. The second-order valence-corrected chi connectivity index (χ2v) is 10.5. The Labute approximate surface area is 225 Å². The van der Waals surface area contributed by atoms with Crippen LogP contribution >= 0.6 is 0 Å². The molecule has 3 aromatic heterocycles. The Balaban J connectivity index is 1.27. The van der Waals surface area contributed by atoms with E-state index in [4.69, 9.17) is 10.7 Å². The summed E-state index contributed by atoms with van der Waals surface area (Å²) in [5.74, 6) is 1.67. The van der Waals surface area contributed by atoms with Crippen LogP contribution in [0.1, 0.15) is 66.2 Å². The first kappa shape index (κ1) is 25.0. The van der Waals surface area contributed by atoms with Gasteiger partial charge in [-0.3, -0.25) is 14.0 Å². The van der Waals surface area contributed by atoms with Crippen LogP contribution in [0.4, 0.5) is 11.6 Å². The lowest BCUT2D eigenvalue weighted by Gasteiger charge is -2.34. The van der Waals surface area contributed by atoms with Gasteiger partial charge < -0.3 is 21.1 Å². The van der Waals surface area contributed by atoms with Crippen molar-refractivity contribution in [1.82, 2.24) is 24.3 Å². The monoisotopic (exact) mass is 525 g/mol. The summed E-state index contributed by atoms with van der Waals surface area (Å²) < 4.78 is 2.00. The fraction of sp³-hybridized carbons (Fsp3) is 0.345. The fourth-order valence-corrected chi connectivity index (χ4v) is 5.75. The molecule has 0 saturated carbocycles. The van der Waals surface area contributed by atoms with Crippen molar-refractivity contribution < 1.29 is 14.7 Å². The summed E-state index contributed by atoms with van der Waals surface area (Å²) in [6.07, 6.45) is 8.66. The minimum absolute atomic E-state index is 0.0149. The molecule has 2 saturated heterocycles. The number of fused-ring (bicyclic) bond motifs is 2. The highest BCUT2D eigenvalue weighted by atomic mass is 16.3. The van der Waals surface area contributed by atoms with Crippen molar-refractivity contribution in [3.63, 3.8) is 0 Å². The summed E-state index contributed by atoms with van der Waals surface area (Å²) in [5, 5.41) is 12.3. The van der Waals surface area contributed by atoms with Crippen LogP contribution in [0.15, 0.2) is 55.0 Å². The van der Waals surface area contributed by atoms with Crippen LogP contribution in [-0.2, 0) is 4.79 Å². The van der Waals surface area contributed by atoms with Gasteiger partial charge in [0.15, 0.2) is 0 Å². The van der Waals surface area contributed by atoms with E-state index in [1.807, 2.05) is 40.6 Å². The lowest BCUT2D eigenvalue weighted by atomic mass is 9.92. The third-order valence-electron chi connectivity index (χ3n) is 7.98. The van der Waals surface area contributed by atoms with Crippen LogP contribution in [0.5, 0.6) is 0 Å². The Bertz CT molecular complexity index is 1550. The van der Waals surface area contributed by atoms with E-state index in [9.17, 15) is 14.7 Å². The van der Waals surface area contributed by atoms with Gasteiger partial charge in [0.1, 0.15) is 28.7 Å². The Morgan fingerprint density at radius 2 is 1.97 bits per heavy atom. The SMILES string of the molecule is CC(CO)c1ccnc(NC(=O)c2ccc(-c3nc([C@@H]4CC[C@H]5CCC(=O)N5C4)n4ccnc(N)c34)cc2)c1. The summed E-state index contributed by atoms with van der Waals surface area (Å²) in [6.45, 7) is 2.58. The molecule has 4 aromatic rings. The van der Waals surface area contributed by atoms with Crippen LogP contribution < -0.4 is 11.1 Å². The number of nitrogens with two attached hydrogens (primary N) is 1. The standard InChI is InChI=1S/C29H31N7O3/c1-17(16-37)20-10-11-31-23(14-20)33-29(39)19-4-2-18(3-5-19)25-26-27(30)32-12-13-35(26)28(34-25)21-6-7-22-8-9-24(38)36(22)15-21/h2-5,10-14,17,21-22,37H,6-9,15-16H2,1H3,(H2,30,32)(H,31,33,39)/t17?,21-,22+/m1/s1. The third-order valence-corrected chi connectivity index (χ3v) is 7.98. The van der Waals surface area contributed by atoms with E-state index in [2.05, 4.69) is 15.3 Å². The number of carbonyl (C=O) groups excluding carboxylic acids is 2. The van der Waals surface area contributed by atoms with Crippen LogP contribution in [0, 0.1) is 0 Å². The second kappa shape index (κ2) is 10.1. The van der Waals surface area contributed by atoms with Gasteiger partial charge in [-0.05, 0) is 49.1 Å². The predicted octanol–water partition coefficient (Wildman–Crippen LogP) is 3.59. The highest BCUT2D eigenvalue weighted by Crippen LogP contribution is 2.38. The molecule has 2 fully saturated rings. The maximum atomic E-state index is 12.9. The third kappa shape index (κ3) is 4.61. The Morgan fingerprint density at radius 1 is 1.15 bits per heavy atom. The van der Waals surface area contributed by atoms with E-state index >= 15 is 0 Å². The van der Waals surface area contributed by atoms with Crippen molar-refractivity contribution in [2.45, 2.75) is 50.5 Å². The number of nitrogens with one attached hydrogen (secondary N) is 1. The van der Waals surface area contributed by atoms with Crippen LogP contribution in [0.25, 0.3) is 16.8 Å². The number of nitrogens with zero attached hydrogens (tertiary/aromatic N) is 5. The van der Waals surface area contributed by atoms with E-state index in [1.165, 1.54) is 0 Å². The normalized spacial score (nSPS) is 19.7. The average Bonchev–Trinajstić information content (AvgIpc) is 3.54. The summed E-state index contributed by atoms with van der Waals surface area (Å²) in [7, 11) is 0. The maximum absolute atomic E-state index is 12.9. The average molecular weight is 526 g/mol. The van der Waals surface area contributed by atoms with Crippen molar-refractivity contribution in [2.24, 2.45) is 0 Å². The zero-order chi connectivity index (χ0) is 27.1. The van der Waals surface area contributed by atoms with Gasteiger partial charge in [-0.1, -0.05) is 19.1 Å². The number of carbonyl (C=O) groups is 2. The number of hydrogen-bond donors (Lipinski definition) is 3. The largest absolute Gasteiger partial charge is 0.396 e. The van der Waals surface area contributed by atoms with Gasteiger partial charge in [0.2, 0.25) is 5.91 Å². The quantitative estimate of drug-likeness (QED) is 0.350. The van der Waals surface area contributed by atoms with E-state index in [0.717, 1.165) is 41.7 Å². The molecule has 2 amide bonds. The summed E-state index contributed by atoms with van der Waals surface area (Å²) >= 11 is 0. The number of piperidine rings is 1. The zero-order valence-electron chi connectivity index (χ0n) is 21.7. The Morgan fingerprint density at radius 3 is 2.77 bits per heavy atom. The Hall–Kier alpha value is -4.31. The smallest absolute Gasteiger partial charge is 0.256 e. The van der Waals surface area contributed by atoms with Gasteiger partial charge in [-0.2, -0.15) is 0 Å². The molecule has 0 aliphatic carbocycles. The van der Waals surface area contributed by atoms with Crippen LogP contribution in [0.2, 0.25) is 0 Å². The number of anilines is 2. The molecule has 5 heterocycles. The molecule has 6 rings (SSSR count). The van der Waals surface area contributed by atoms with Gasteiger partial charge in [-0.15, -0.1) is 0 Å². The number of pyridine rings is 1. The topological polar surface area (TPSA) is 139 Å². The predicted molar refractivity (Wildman–Crippen MR) is 147 cm³/mol. The van der Waals surface area contributed by atoms with Crippen molar-refractivity contribution in [3.05, 3.63) is 71.9 Å². The molecule has 4 N–H and O–H groups in total. The van der Waals surface area contributed by atoms with Crippen molar-refractivity contribution in [1.29, 1.82) is 0 Å². The number of benzene rings is 1. The first-order valence-corrected chi connectivity index (χ1v) is 13.3. The number of hydrogen-bond acceptors (Lipinski definition) is 7. The van der Waals surface area contributed by atoms with Crippen LogP contribution in [-0.4, -0.2) is 60.4 Å². The number of imidazole rings is 1. The van der Waals surface area contributed by atoms with Crippen LogP contribution in [0.3, 0.4) is 0 Å². The number of aliphatic hydroxyl groups excluding tert-OH is 1. The Kier molecular flexibility index (Phi) is 6.48. The zero-order valence-corrected chi connectivity index (χ0v) is 21.7. The lowest BCUT2D eigenvalue weighted by Crippen LogP contribution is -2.41. The highest BCUT2D eigenvalue weighted by Gasteiger charge is 2.38. The van der Waals surface area contributed by atoms with Crippen molar-refractivity contribution >= 4 is 29.0 Å². The molecule has 200 valence electrons. The van der Waals surface area contributed by atoms with Crippen molar-refractivity contribution in [2.75, 3.05) is 24.2 Å². The van der Waals surface area contributed by atoms with E-state index in [1.54, 1.807) is 30.6 Å². The number of aliphatic hydroxyl groups is 1. The first-order valence-electron chi connectivity index (χ1n) is 13.3. The summed E-state index contributed by atoms with van der Waals surface area (Å²) in [4.78, 5) is 40.9. The van der Waals surface area contributed by atoms with Gasteiger partial charge in [-0.25, -0.2) is 15.0 Å². The molecule has 1 unspecified atom stereocenters. The van der Waals surface area contributed by atoms with E-state index in [-0.39, 0.29) is 30.3 Å². The first-order chi connectivity index (χ1) is 18.9. The molecule has 0 radical (unpaired) electrons. The van der Waals surface area contributed by atoms with Crippen molar-refractivity contribution in [3.8, 4) is 11.3 Å². The summed E-state index contributed by atoms with van der Waals surface area (Å²) in [5.41, 5.74) is 9.94. The minimum atomic E-state index is -0.286. The molecular weight excluding hydrogens is 494 g/mol. The number of aromatic nitrogens is 4. The number of amides is 2. The van der Waals surface area contributed by atoms with Gasteiger partial charge in [0.25, 0.3) is 5.91 Å². The second-order valence-electron chi connectivity index (χ2n) is 10.5. The molecule has 39 heavy (non-hydrogen) atoms. The molecule has 2 aliphatic rings. The molecule has 10 heteroatoms. The minimum Gasteiger partial charge on any atom is -0.396 e. The molecular formula is C29H31N7O3. The maximum Gasteiger partial charge on any atom is 0.256 e. The van der Waals surface area contributed by atoms with E-state index < -0.39 is 0 Å². The molecule has 1 aromatic carbocycles. The fourth-order valence-electron chi connectivity index (χ4n) is 5.75. The highest BCUT2D eigenvalue weighted by molar-refractivity contribution is 6.04.